The van der Waals surface area contributed by atoms with Crippen molar-refractivity contribution in [2.24, 2.45) is 0 Å². The van der Waals surface area contributed by atoms with E-state index in [2.05, 4.69) is 22.8 Å². The van der Waals surface area contributed by atoms with Crippen LogP contribution in [0.25, 0.3) is 11.0 Å². The molecule has 2 aromatic carbocycles. The lowest BCUT2D eigenvalue weighted by molar-refractivity contribution is -0.131. The van der Waals surface area contributed by atoms with Crippen LogP contribution in [0.2, 0.25) is 0 Å². The molecule has 0 bridgehead atoms. The summed E-state index contributed by atoms with van der Waals surface area (Å²) in [5.74, 6) is 2.87. The first-order chi connectivity index (χ1) is 15.2. The van der Waals surface area contributed by atoms with E-state index in [0.717, 1.165) is 67.1 Å². The van der Waals surface area contributed by atoms with E-state index in [1.165, 1.54) is 0 Å². The van der Waals surface area contributed by atoms with Gasteiger partial charge in [-0.15, -0.1) is 0 Å². The summed E-state index contributed by atoms with van der Waals surface area (Å²) < 4.78 is 13.5. The van der Waals surface area contributed by atoms with Gasteiger partial charge in [0.25, 0.3) is 0 Å². The molecule has 164 valence electrons. The molecule has 0 spiro atoms. The molecule has 0 radical (unpaired) electrons. The predicted octanol–water partition coefficient (Wildman–Crippen LogP) is 4.98. The van der Waals surface area contributed by atoms with Gasteiger partial charge in [-0.1, -0.05) is 25.1 Å². The van der Waals surface area contributed by atoms with Crippen LogP contribution < -0.4 is 9.47 Å². The summed E-state index contributed by atoms with van der Waals surface area (Å²) in [6, 6.07) is 16.0. The topological polar surface area (TPSA) is 56.6 Å². The molecular formula is C25H31N3O3. The maximum Gasteiger partial charge on any atom is 0.222 e. The predicted molar refractivity (Wildman–Crippen MR) is 121 cm³/mol. The third kappa shape index (κ3) is 4.68. The Morgan fingerprint density at radius 3 is 2.81 bits per heavy atom. The zero-order chi connectivity index (χ0) is 21.6. The summed E-state index contributed by atoms with van der Waals surface area (Å²) in [5, 5.41) is 0. The van der Waals surface area contributed by atoms with E-state index >= 15 is 0 Å². The molecule has 3 aromatic rings. The van der Waals surface area contributed by atoms with Gasteiger partial charge in [-0.2, -0.15) is 0 Å². The number of carbonyl (C=O) groups excluding carboxylic acids is 1. The quantitative estimate of drug-likeness (QED) is 0.457. The number of aromatic nitrogens is 2. The van der Waals surface area contributed by atoms with Crippen LogP contribution in [-0.2, 0) is 11.3 Å². The van der Waals surface area contributed by atoms with E-state index in [1.54, 1.807) is 7.11 Å². The number of imidazole rings is 1. The monoisotopic (exact) mass is 421 g/mol. The first-order valence-corrected chi connectivity index (χ1v) is 11.2. The van der Waals surface area contributed by atoms with Crippen molar-refractivity contribution in [3.63, 3.8) is 0 Å². The third-order valence-electron chi connectivity index (χ3n) is 5.94. The molecular weight excluding hydrogens is 390 g/mol. The molecule has 31 heavy (non-hydrogen) atoms. The van der Waals surface area contributed by atoms with Crippen LogP contribution in [-0.4, -0.2) is 40.6 Å². The van der Waals surface area contributed by atoms with Gasteiger partial charge < -0.3 is 18.9 Å². The van der Waals surface area contributed by atoms with E-state index < -0.39 is 0 Å². The minimum atomic E-state index is 0.0767. The minimum Gasteiger partial charge on any atom is -0.497 e. The molecule has 0 N–H and O–H groups in total. The Morgan fingerprint density at radius 1 is 1.13 bits per heavy atom. The van der Waals surface area contributed by atoms with Gasteiger partial charge in [-0.25, -0.2) is 4.98 Å². The highest BCUT2D eigenvalue weighted by molar-refractivity contribution is 5.78. The number of fused-ring (bicyclic) bond motifs is 1. The number of aryl methyl sites for hydroxylation is 1. The highest BCUT2D eigenvalue weighted by Gasteiger charge is 2.32. The molecule has 1 aromatic heterocycles. The van der Waals surface area contributed by atoms with Crippen LogP contribution in [0.1, 0.15) is 50.9 Å². The lowest BCUT2D eigenvalue weighted by Gasteiger charge is -2.25. The molecule has 4 rings (SSSR count). The first kappa shape index (κ1) is 21.2. The van der Waals surface area contributed by atoms with Crippen LogP contribution >= 0.6 is 0 Å². The zero-order valence-corrected chi connectivity index (χ0v) is 18.4. The van der Waals surface area contributed by atoms with Crippen LogP contribution in [0.4, 0.5) is 0 Å². The maximum absolute atomic E-state index is 12.5. The van der Waals surface area contributed by atoms with Gasteiger partial charge in [0.05, 0.1) is 30.8 Å². The summed E-state index contributed by atoms with van der Waals surface area (Å²) in [4.78, 5) is 19.4. The summed E-state index contributed by atoms with van der Waals surface area (Å²) >= 11 is 0. The summed E-state index contributed by atoms with van der Waals surface area (Å²) in [6.45, 7) is 4.28. The van der Waals surface area contributed by atoms with Gasteiger partial charge in [-0.3, -0.25) is 4.79 Å². The van der Waals surface area contributed by atoms with Crippen molar-refractivity contribution in [2.75, 3.05) is 20.3 Å². The Labute approximate surface area is 183 Å². The molecule has 0 saturated carbocycles. The largest absolute Gasteiger partial charge is 0.497 e. The molecule has 1 amide bonds. The molecule has 1 atom stereocenters. The lowest BCUT2D eigenvalue weighted by Crippen LogP contribution is -2.31. The number of hydrogen-bond donors (Lipinski definition) is 0. The number of carbonyl (C=O) groups is 1. The second-order valence-electron chi connectivity index (χ2n) is 7.94. The Hall–Kier alpha value is -3.02. The number of likely N-dealkylation sites (tertiary alicyclic amines) is 1. The van der Waals surface area contributed by atoms with E-state index in [9.17, 15) is 4.79 Å². The van der Waals surface area contributed by atoms with Crippen LogP contribution in [0.5, 0.6) is 11.5 Å². The number of unbranched alkanes of at least 4 members (excludes halogenated alkanes) is 1. The standard InChI is InChI=1S/C25H31N3O3/c1-3-24(29)27-16-9-14-23(27)25-26-21-12-4-5-13-22(21)28(25)15-6-7-17-31-20-11-8-10-19(18-20)30-2/h4-5,8,10-13,18,23H,3,6-7,9,14-17H2,1-2H3/t23-/m0/s1. The number of benzene rings is 2. The number of nitrogens with zero attached hydrogens (tertiary/aromatic N) is 3. The van der Waals surface area contributed by atoms with Gasteiger partial charge in [-0.05, 0) is 49.9 Å². The number of amides is 1. The highest BCUT2D eigenvalue weighted by Crippen LogP contribution is 2.34. The van der Waals surface area contributed by atoms with Crippen molar-refractivity contribution in [1.82, 2.24) is 14.5 Å². The normalized spacial score (nSPS) is 16.1. The van der Waals surface area contributed by atoms with Crippen LogP contribution in [0.3, 0.4) is 0 Å². The lowest BCUT2D eigenvalue weighted by atomic mass is 10.2. The Bertz CT molecular complexity index is 1030. The maximum atomic E-state index is 12.5. The van der Waals surface area contributed by atoms with E-state index in [-0.39, 0.29) is 11.9 Å². The number of para-hydroxylation sites is 2. The molecule has 1 fully saturated rings. The smallest absolute Gasteiger partial charge is 0.222 e. The number of ether oxygens (including phenoxy) is 2. The summed E-state index contributed by atoms with van der Waals surface area (Å²) in [5.41, 5.74) is 2.14. The summed E-state index contributed by atoms with van der Waals surface area (Å²) in [6.07, 6.45) is 4.47. The Kier molecular flexibility index (Phi) is 6.75. The van der Waals surface area contributed by atoms with Crippen molar-refractivity contribution in [2.45, 2.75) is 51.6 Å². The van der Waals surface area contributed by atoms with Gasteiger partial charge >= 0.3 is 0 Å². The van der Waals surface area contributed by atoms with Gasteiger partial charge in [0.1, 0.15) is 17.3 Å². The van der Waals surface area contributed by atoms with E-state index in [1.807, 2.05) is 42.2 Å². The molecule has 0 unspecified atom stereocenters. The SMILES string of the molecule is CCC(=O)N1CCC[C@H]1c1nc2ccccc2n1CCCCOc1cccc(OC)c1. The fourth-order valence-electron chi connectivity index (χ4n) is 4.37. The first-order valence-electron chi connectivity index (χ1n) is 11.2. The van der Waals surface area contributed by atoms with Gasteiger partial charge in [0.2, 0.25) is 5.91 Å². The zero-order valence-electron chi connectivity index (χ0n) is 18.4. The molecule has 1 saturated heterocycles. The number of hydrogen-bond acceptors (Lipinski definition) is 4. The van der Waals surface area contributed by atoms with Crippen LogP contribution in [0, 0.1) is 0 Å². The fraction of sp³-hybridized carbons (Fsp3) is 0.440. The van der Waals surface area contributed by atoms with Crippen molar-refractivity contribution >= 4 is 16.9 Å². The second-order valence-corrected chi connectivity index (χ2v) is 7.94. The number of rotatable bonds is 9. The van der Waals surface area contributed by atoms with E-state index in [4.69, 9.17) is 14.5 Å². The Morgan fingerprint density at radius 2 is 1.97 bits per heavy atom. The van der Waals surface area contributed by atoms with Crippen LogP contribution in [0.15, 0.2) is 48.5 Å². The average Bonchev–Trinajstić information content (AvgIpc) is 3.43. The molecule has 6 nitrogen and oxygen atoms in total. The fourth-order valence-corrected chi connectivity index (χ4v) is 4.37. The summed E-state index contributed by atoms with van der Waals surface area (Å²) in [7, 11) is 1.66. The van der Waals surface area contributed by atoms with E-state index in [0.29, 0.717) is 13.0 Å². The van der Waals surface area contributed by atoms with Crippen molar-refractivity contribution in [1.29, 1.82) is 0 Å². The molecule has 0 aliphatic carbocycles. The van der Waals surface area contributed by atoms with Gasteiger partial charge in [0.15, 0.2) is 0 Å². The Balaban J connectivity index is 1.44. The minimum absolute atomic E-state index is 0.0767. The molecule has 1 aliphatic rings. The average molecular weight is 422 g/mol. The van der Waals surface area contributed by atoms with Crippen molar-refractivity contribution in [3.8, 4) is 11.5 Å². The number of methoxy groups -OCH3 is 1. The van der Waals surface area contributed by atoms with Crippen molar-refractivity contribution < 1.29 is 14.3 Å². The van der Waals surface area contributed by atoms with Gasteiger partial charge in [0, 0.05) is 25.6 Å². The third-order valence-corrected chi connectivity index (χ3v) is 5.94. The van der Waals surface area contributed by atoms with Crippen molar-refractivity contribution in [3.05, 3.63) is 54.4 Å². The molecule has 1 aliphatic heterocycles. The second kappa shape index (κ2) is 9.86. The highest BCUT2D eigenvalue weighted by atomic mass is 16.5. The molecule has 2 heterocycles. The molecule has 6 heteroatoms.